The van der Waals surface area contributed by atoms with Crippen molar-refractivity contribution in [2.45, 2.75) is 209 Å². The number of rotatable bonds is 25. The summed E-state index contributed by atoms with van der Waals surface area (Å²) < 4.78 is 0. The van der Waals surface area contributed by atoms with Crippen molar-refractivity contribution in [2.24, 2.45) is 15.0 Å². The minimum Gasteiger partial charge on any atom is -0.657 e. The minimum atomic E-state index is 0. The number of aryl methyl sites for hydroxylation is 4. The van der Waals surface area contributed by atoms with Crippen LogP contribution in [-0.2, 0) is 45.2 Å². The number of carbonyl (C=O) groups excluding carboxylic acids is 1. The average Bonchev–Trinajstić information content (AvgIpc) is 2.62. The standard InChI is InChI=1S/C37H46N4O.C37H45N4O.Zn/c2*1-5-9-13-26-30-17-18-31(38-30)27(14-10-6-2)33-21-22-35(40-33)29(16-12-8-4)37-25(24-42)23-36(41-37)28(15-11-7-3)34-20-19-32(26)39-34;/h17-24,41-42H,5-16H2,1-4H3;17-24H,5-16H2,1-4H3,(H-,38,39,40,41,42);/q;-1;+2/p-1. The van der Waals surface area contributed by atoms with E-state index in [1.165, 1.54) is 34.1 Å². The van der Waals surface area contributed by atoms with E-state index in [2.05, 4.69) is 139 Å². The first kappa shape index (κ1) is 64.2. The molecule has 0 amide bonds. The molecule has 4 aromatic rings. The zero-order valence-electron chi connectivity index (χ0n) is 52.4. The molecule has 0 fully saturated rings. The number of aldehydes is 1. The molecule has 2 N–H and O–H groups in total. The molecule has 4 aromatic heterocycles. The van der Waals surface area contributed by atoms with Gasteiger partial charge in [-0.3, -0.25) is 4.79 Å². The molecule has 0 saturated carbocycles. The van der Waals surface area contributed by atoms with Crippen LogP contribution in [0, 0.1) is 0 Å². The van der Waals surface area contributed by atoms with Crippen LogP contribution >= 0.6 is 0 Å². The number of aromatic amines is 1. The Bertz CT molecular complexity index is 3760. The molecule has 440 valence electrons. The van der Waals surface area contributed by atoms with Gasteiger partial charge in [0.2, 0.25) is 0 Å². The predicted molar refractivity (Wildman–Crippen MR) is 356 cm³/mol. The van der Waals surface area contributed by atoms with E-state index in [9.17, 15) is 9.90 Å². The van der Waals surface area contributed by atoms with E-state index in [-0.39, 0.29) is 19.5 Å². The third-order valence-corrected chi connectivity index (χ3v) is 16.9. The van der Waals surface area contributed by atoms with Gasteiger partial charge < -0.3 is 20.1 Å². The normalized spacial score (nSPS) is 15.1. The van der Waals surface area contributed by atoms with Gasteiger partial charge in [-0.15, -0.1) is 22.1 Å². The second-order valence-corrected chi connectivity index (χ2v) is 23.2. The smallest absolute Gasteiger partial charge is 0.657 e. The van der Waals surface area contributed by atoms with Crippen molar-refractivity contribution in [3.63, 3.8) is 0 Å². The number of allylic oxidation sites excluding steroid dienone is 9. The summed E-state index contributed by atoms with van der Waals surface area (Å²) in [4.78, 5) is 52.8. The summed E-state index contributed by atoms with van der Waals surface area (Å²) in [5.41, 5.74) is 24.5. The van der Waals surface area contributed by atoms with Crippen LogP contribution in [-0.4, -0.2) is 43.5 Å². The molecular formula is C74H90N8O2Zn. The summed E-state index contributed by atoms with van der Waals surface area (Å²) in [6.45, 7) is 17.8. The first-order valence-corrected chi connectivity index (χ1v) is 32.3. The first-order valence-electron chi connectivity index (χ1n) is 32.3. The number of aliphatic imine (C=N–C) groups is 3. The van der Waals surface area contributed by atoms with Gasteiger partial charge >= 0.3 is 19.5 Å². The van der Waals surface area contributed by atoms with E-state index in [1.54, 1.807) is 0 Å². The van der Waals surface area contributed by atoms with Crippen molar-refractivity contribution in [2.75, 3.05) is 0 Å². The Morgan fingerprint density at radius 1 is 0.435 bits per heavy atom. The molecule has 6 aliphatic heterocycles. The Balaban J connectivity index is 0.000000219. The maximum atomic E-state index is 12.5. The van der Waals surface area contributed by atoms with E-state index in [0.29, 0.717) is 5.56 Å². The summed E-state index contributed by atoms with van der Waals surface area (Å²) in [6.07, 6.45) is 48.2. The zero-order chi connectivity index (χ0) is 59.0. The fourth-order valence-electron chi connectivity index (χ4n) is 12.0. The van der Waals surface area contributed by atoms with Crippen molar-refractivity contribution in [1.29, 1.82) is 0 Å². The molecule has 10 nitrogen and oxygen atoms in total. The Labute approximate surface area is 518 Å². The van der Waals surface area contributed by atoms with Crippen molar-refractivity contribution in [3.05, 3.63) is 156 Å². The summed E-state index contributed by atoms with van der Waals surface area (Å²) >= 11 is 0. The number of aliphatic hydroxyl groups excluding tert-OH is 1. The Hall–Kier alpha value is -6.84. The number of hydrogen-bond acceptors (Lipinski definition) is 7. The Morgan fingerprint density at radius 3 is 1.25 bits per heavy atom. The van der Waals surface area contributed by atoms with E-state index in [1.807, 2.05) is 6.07 Å². The van der Waals surface area contributed by atoms with Gasteiger partial charge in [0.15, 0.2) is 0 Å². The SMILES string of the molecule is CCCCC1=C2C=CC(=N2)C(CCCC)=C2C=CC(=N2)C(CCCC)=c2[nH]c(cc2=CO)C(CCCC)=C2C=CC1=N2.CCCCc1c2nc(c(CCCC)c3cc(C=O)c([n-]3)c(CCCC)c3nc(c(CCCC)c4ccc1[n-]4)C=C3)C=C2.[Zn+2]. The number of nitrogens with one attached hydrogen (secondary N) is 1. The number of aromatic nitrogens is 5. The molecule has 11 heteroatoms. The average molecular weight is 1190 g/mol. The maximum absolute atomic E-state index is 12.5. The van der Waals surface area contributed by atoms with E-state index in [0.717, 1.165) is 272 Å². The van der Waals surface area contributed by atoms with Crippen molar-refractivity contribution >= 4 is 87.2 Å². The predicted octanol–water partition coefficient (Wildman–Crippen LogP) is 17.6. The topological polar surface area (TPSA) is 144 Å². The van der Waals surface area contributed by atoms with E-state index >= 15 is 0 Å². The number of fused-ring (bicyclic) bond motifs is 13. The van der Waals surface area contributed by atoms with Gasteiger partial charge in [-0.25, -0.2) is 24.9 Å². The van der Waals surface area contributed by atoms with Crippen LogP contribution in [0.1, 0.15) is 245 Å². The van der Waals surface area contributed by atoms with Crippen molar-refractivity contribution < 1.29 is 29.4 Å². The molecule has 0 aromatic carbocycles. The summed E-state index contributed by atoms with van der Waals surface area (Å²) in [5.74, 6) is 0. The third-order valence-electron chi connectivity index (χ3n) is 16.9. The zero-order valence-corrected chi connectivity index (χ0v) is 55.4. The third kappa shape index (κ3) is 14.9. The van der Waals surface area contributed by atoms with Gasteiger partial charge in [-0.2, -0.15) is 0 Å². The van der Waals surface area contributed by atoms with Crippen LogP contribution in [0.15, 0.2) is 104 Å². The molecule has 0 unspecified atom stereocenters. The Morgan fingerprint density at radius 2 is 0.812 bits per heavy atom. The summed E-state index contributed by atoms with van der Waals surface area (Å²) in [6, 6.07) is 8.40. The van der Waals surface area contributed by atoms with Crippen LogP contribution in [0.25, 0.3) is 63.8 Å². The largest absolute Gasteiger partial charge is 2.00 e. The van der Waals surface area contributed by atoms with Crippen molar-refractivity contribution in [1.82, 2.24) is 24.9 Å². The first-order chi connectivity index (χ1) is 41.2. The van der Waals surface area contributed by atoms with Gasteiger partial charge in [0.1, 0.15) is 6.29 Å². The Kier molecular flexibility index (Phi) is 23.8. The molecule has 0 saturated heterocycles. The molecule has 85 heavy (non-hydrogen) atoms. The summed E-state index contributed by atoms with van der Waals surface area (Å²) in [7, 11) is 0. The van der Waals surface area contributed by atoms with Gasteiger partial charge in [0.05, 0.1) is 68.6 Å². The number of hydrogen-bond donors (Lipinski definition) is 2. The number of H-pyrrole nitrogens is 1. The molecular weight excluding hydrogens is 1100 g/mol. The molecule has 0 atom stereocenters. The quantitative estimate of drug-likeness (QED) is 0.0431. The fraction of sp³-hybridized carbons (Fsp3) is 0.432. The van der Waals surface area contributed by atoms with Crippen LogP contribution in [0.5, 0.6) is 0 Å². The summed E-state index contributed by atoms with van der Waals surface area (Å²) in [5, 5.41) is 12.2. The van der Waals surface area contributed by atoms with Gasteiger partial charge in [0, 0.05) is 33.2 Å². The van der Waals surface area contributed by atoms with Crippen molar-refractivity contribution in [3.8, 4) is 0 Å². The minimum absolute atomic E-state index is 0. The fourth-order valence-corrected chi connectivity index (χ4v) is 12.0. The molecule has 6 aliphatic rings. The number of aliphatic hydroxyl groups is 1. The van der Waals surface area contributed by atoms with E-state index < -0.39 is 0 Å². The van der Waals surface area contributed by atoms with Crippen LogP contribution in [0.4, 0.5) is 0 Å². The second kappa shape index (κ2) is 31.5. The molecule has 0 aliphatic carbocycles. The molecule has 0 spiro atoms. The molecule has 16 bridgehead atoms. The molecule has 10 rings (SSSR count). The van der Waals surface area contributed by atoms with Gasteiger partial charge in [-0.05, 0) is 197 Å². The van der Waals surface area contributed by atoms with Gasteiger partial charge in [0.25, 0.3) is 0 Å². The van der Waals surface area contributed by atoms with Gasteiger partial charge in [-0.1, -0.05) is 125 Å². The second-order valence-electron chi connectivity index (χ2n) is 23.2. The maximum Gasteiger partial charge on any atom is 2.00 e. The molecule has 0 radical (unpaired) electrons. The van der Waals surface area contributed by atoms with Crippen LogP contribution in [0.2, 0.25) is 0 Å². The number of carbonyl (C=O) groups is 1. The number of nitrogens with zero attached hydrogens (tertiary/aromatic N) is 7. The van der Waals surface area contributed by atoms with Crippen LogP contribution in [0.3, 0.4) is 0 Å². The number of unbranched alkanes of at least 4 members (excludes halogenated alkanes) is 8. The molecule has 10 heterocycles. The van der Waals surface area contributed by atoms with E-state index in [4.69, 9.17) is 34.9 Å². The van der Waals surface area contributed by atoms with Crippen LogP contribution < -0.4 is 20.5 Å². The monoisotopic (exact) mass is 1190 g/mol.